The van der Waals surface area contributed by atoms with Crippen LogP contribution in [-0.4, -0.2) is 19.4 Å². The number of halogens is 2. The lowest BCUT2D eigenvalue weighted by molar-refractivity contribution is 0.562. The molecule has 17 heavy (non-hydrogen) atoms. The summed E-state index contributed by atoms with van der Waals surface area (Å²) in [7, 11) is -3.58. The highest BCUT2D eigenvalue weighted by atomic mass is 79.9. The van der Waals surface area contributed by atoms with Gasteiger partial charge in [0.1, 0.15) is 5.82 Å². The van der Waals surface area contributed by atoms with Gasteiger partial charge in [-0.15, -0.1) is 0 Å². The summed E-state index contributed by atoms with van der Waals surface area (Å²) >= 11 is 3.01. The molecule has 94 valence electrons. The lowest BCUT2D eigenvalue weighted by Gasteiger charge is -2.14. The van der Waals surface area contributed by atoms with Crippen LogP contribution in [0.25, 0.3) is 0 Å². The lowest BCUT2D eigenvalue weighted by Crippen LogP contribution is -2.25. The van der Waals surface area contributed by atoms with Gasteiger partial charge < -0.3 is 0 Å². The molecule has 0 saturated carbocycles. The summed E-state index contributed by atoms with van der Waals surface area (Å²) in [5.74, 6) is -0.456. The van der Waals surface area contributed by atoms with Gasteiger partial charge in [-0.25, -0.2) is 12.8 Å². The summed E-state index contributed by atoms with van der Waals surface area (Å²) in [5, 5.41) is 0. The van der Waals surface area contributed by atoms with E-state index >= 15 is 0 Å². The molecule has 0 saturated heterocycles. The molecule has 0 aromatic heterocycles. The van der Waals surface area contributed by atoms with Crippen LogP contribution >= 0.6 is 15.9 Å². The van der Waals surface area contributed by atoms with E-state index in [0.717, 1.165) is 6.21 Å². The maximum atomic E-state index is 13.2. The van der Waals surface area contributed by atoms with Crippen molar-refractivity contribution in [3.8, 4) is 0 Å². The zero-order valence-corrected chi connectivity index (χ0v) is 12.1. The van der Waals surface area contributed by atoms with Crippen molar-refractivity contribution >= 4 is 32.2 Å². The fourth-order valence-electron chi connectivity index (χ4n) is 0.881. The summed E-state index contributed by atoms with van der Waals surface area (Å²) in [4.78, 5) is 0. The van der Waals surface area contributed by atoms with Crippen molar-refractivity contribution in [1.29, 1.82) is 0 Å². The first kappa shape index (κ1) is 14.3. The monoisotopic (exact) mass is 321 g/mol. The molecule has 0 aliphatic rings. The van der Waals surface area contributed by atoms with Gasteiger partial charge in [0.25, 0.3) is 10.0 Å². The molecule has 3 nitrogen and oxygen atoms in total. The molecule has 0 fully saturated rings. The Labute approximate surface area is 109 Å². The maximum absolute atomic E-state index is 13.2. The van der Waals surface area contributed by atoms with E-state index in [9.17, 15) is 12.8 Å². The SMILES string of the molecule is CC(C)(C)S(=O)(=O)N=Cc1ccc(Br)c(F)c1. The normalized spacial score (nSPS) is 13.2. The van der Waals surface area contributed by atoms with Crippen LogP contribution in [0.4, 0.5) is 4.39 Å². The van der Waals surface area contributed by atoms with Gasteiger partial charge in [0.2, 0.25) is 0 Å². The van der Waals surface area contributed by atoms with E-state index in [1.54, 1.807) is 26.8 Å². The number of hydrogen-bond acceptors (Lipinski definition) is 2. The fraction of sp³-hybridized carbons (Fsp3) is 0.364. The molecule has 0 heterocycles. The van der Waals surface area contributed by atoms with Crippen LogP contribution in [-0.2, 0) is 10.0 Å². The average Bonchev–Trinajstić information content (AvgIpc) is 2.18. The van der Waals surface area contributed by atoms with Crippen molar-refractivity contribution < 1.29 is 12.8 Å². The third kappa shape index (κ3) is 3.61. The molecule has 0 atom stereocenters. The zero-order valence-electron chi connectivity index (χ0n) is 9.74. The lowest BCUT2D eigenvalue weighted by atomic mass is 10.2. The van der Waals surface area contributed by atoms with E-state index in [1.165, 1.54) is 12.1 Å². The van der Waals surface area contributed by atoms with Gasteiger partial charge in [0.05, 0.1) is 9.22 Å². The van der Waals surface area contributed by atoms with Crippen LogP contribution < -0.4 is 0 Å². The average molecular weight is 322 g/mol. The predicted molar refractivity (Wildman–Crippen MR) is 70.4 cm³/mol. The Hall–Kier alpha value is -0.750. The van der Waals surface area contributed by atoms with Gasteiger partial charge in [0.15, 0.2) is 0 Å². The highest BCUT2D eigenvalue weighted by Gasteiger charge is 2.27. The molecule has 0 unspecified atom stereocenters. The van der Waals surface area contributed by atoms with Gasteiger partial charge >= 0.3 is 0 Å². The summed E-state index contributed by atoms with van der Waals surface area (Å²) in [6.07, 6.45) is 1.15. The highest BCUT2D eigenvalue weighted by molar-refractivity contribution is 9.10. The van der Waals surface area contributed by atoms with E-state index in [0.29, 0.717) is 10.0 Å². The minimum atomic E-state index is -3.58. The van der Waals surface area contributed by atoms with Gasteiger partial charge in [-0.05, 0) is 54.4 Å². The molecule has 0 radical (unpaired) electrons. The molecule has 0 amide bonds. The predicted octanol–water partition coefficient (Wildman–Crippen LogP) is 3.14. The largest absolute Gasteiger partial charge is 0.258 e. The highest BCUT2D eigenvalue weighted by Crippen LogP contribution is 2.18. The molecule has 1 aromatic rings. The van der Waals surface area contributed by atoms with Crippen LogP contribution in [0.15, 0.2) is 27.1 Å². The van der Waals surface area contributed by atoms with Crippen LogP contribution in [0, 0.1) is 5.82 Å². The van der Waals surface area contributed by atoms with Crippen LogP contribution in [0.2, 0.25) is 0 Å². The van der Waals surface area contributed by atoms with Gasteiger partial charge in [0, 0.05) is 6.21 Å². The van der Waals surface area contributed by atoms with Crippen molar-refractivity contribution in [3.63, 3.8) is 0 Å². The first-order chi connectivity index (χ1) is 7.63. The van der Waals surface area contributed by atoms with E-state index in [4.69, 9.17) is 0 Å². The van der Waals surface area contributed by atoms with Gasteiger partial charge in [-0.1, -0.05) is 6.07 Å². The third-order valence-corrected chi connectivity index (χ3v) is 4.63. The summed E-state index contributed by atoms with van der Waals surface area (Å²) in [6, 6.07) is 4.29. The smallest absolute Gasteiger partial charge is 0.206 e. The number of nitrogens with zero attached hydrogens (tertiary/aromatic N) is 1. The van der Waals surface area contributed by atoms with Gasteiger partial charge in [-0.2, -0.15) is 4.40 Å². The molecule has 6 heteroatoms. The molecular formula is C11H13BrFNO2S. The van der Waals surface area contributed by atoms with Crippen LogP contribution in [0.5, 0.6) is 0 Å². The topological polar surface area (TPSA) is 46.5 Å². The summed E-state index contributed by atoms with van der Waals surface area (Å²) < 4.78 is 39.4. The number of benzene rings is 1. The Morgan fingerprint density at radius 2 is 1.94 bits per heavy atom. The second-order valence-corrected chi connectivity index (χ2v) is 7.74. The molecule has 0 N–H and O–H groups in total. The third-order valence-electron chi connectivity index (χ3n) is 2.06. The minimum absolute atomic E-state index is 0.327. The maximum Gasteiger partial charge on any atom is 0.258 e. The minimum Gasteiger partial charge on any atom is -0.206 e. The number of sulfonamides is 1. The summed E-state index contributed by atoms with van der Waals surface area (Å²) in [6.45, 7) is 4.67. The first-order valence-corrected chi connectivity index (χ1v) is 7.12. The van der Waals surface area contributed by atoms with E-state index < -0.39 is 20.6 Å². The Morgan fingerprint density at radius 3 is 2.41 bits per heavy atom. The van der Waals surface area contributed by atoms with E-state index in [-0.39, 0.29) is 0 Å². The Morgan fingerprint density at radius 1 is 1.35 bits per heavy atom. The fourth-order valence-corrected chi connectivity index (χ4v) is 1.70. The van der Waals surface area contributed by atoms with Crippen LogP contribution in [0.1, 0.15) is 26.3 Å². The van der Waals surface area contributed by atoms with Crippen LogP contribution in [0.3, 0.4) is 0 Å². The summed E-state index contributed by atoms with van der Waals surface area (Å²) in [5.41, 5.74) is 0.401. The number of rotatable bonds is 2. The first-order valence-electron chi connectivity index (χ1n) is 4.88. The van der Waals surface area contributed by atoms with Crippen molar-refractivity contribution in [2.75, 3.05) is 0 Å². The second kappa shape index (κ2) is 4.86. The molecule has 0 spiro atoms. The molecule has 0 bridgehead atoms. The molecule has 0 aliphatic carbocycles. The van der Waals surface area contributed by atoms with Crippen molar-refractivity contribution in [3.05, 3.63) is 34.1 Å². The Bertz CT molecular complexity index is 547. The number of hydrogen-bond donors (Lipinski definition) is 0. The molecule has 0 aliphatic heterocycles. The Balaban J connectivity index is 3.04. The van der Waals surface area contributed by atoms with E-state index in [2.05, 4.69) is 20.3 Å². The molecule has 1 aromatic carbocycles. The van der Waals surface area contributed by atoms with Crippen molar-refractivity contribution in [2.24, 2.45) is 4.40 Å². The molecule has 1 rings (SSSR count). The second-order valence-electron chi connectivity index (χ2n) is 4.50. The molecular weight excluding hydrogens is 309 g/mol. The zero-order chi connectivity index (χ0) is 13.3. The van der Waals surface area contributed by atoms with E-state index in [1.807, 2.05) is 0 Å². The quantitative estimate of drug-likeness (QED) is 0.785. The van der Waals surface area contributed by atoms with Crippen molar-refractivity contribution in [1.82, 2.24) is 0 Å². The van der Waals surface area contributed by atoms with Crippen molar-refractivity contribution in [2.45, 2.75) is 25.5 Å². The van der Waals surface area contributed by atoms with Gasteiger partial charge in [-0.3, -0.25) is 0 Å². The standard InChI is InChI=1S/C11H13BrFNO2S/c1-11(2,3)17(15,16)14-7-8-4-5-9(12)10(13)6-8/h4-7H,1-3H3. The Kier molecular flexibility index (Phi) is 4.09.